The van der Waals surface area contributed by atoms with Gasteiger partial charge in [-0.2, -0.15) is 13.2 Å². The Morgan fingerprint density at radius 2 is 1.56 bits per heavy atom. The summed E-state index contributed by atoms with van der Waals surface area (Å²) in [5.41, 5.74) is 2.93. The van der Waals surface area contributed by atoms with Gasteiger partial charge >= 0.3 is 6.18 Å². The number of nitrogens with zero attached hydrogens (tertiary/aromatic N) is 5. The maximum Gasteiger partial charge on any atom is 0.416 e. The molecule has 10 nitrogen and oxygen atoms in total. The molecule has 292 valence electrons. The van der Waals surface area contributed by atoms with Crippen molar-refractivity contribution < 1.29 is 27.6 Å². The largest absolute Gasteiger partial charge is 0.416 e. The molecule has 0 aliphatic carbocycles. The second kappa shape index (κ2) is 19.5. The Bertz CT molecular complexity index is 1910. The van der Waals surface area contributed by atoms with Crippen LogP contribution in [-0.4, -0.2) is 111 Å². The zero-order valence-corrected chi connectivity index (χ0v) is 31.7. The van der Waals surface area contributed by atoms with Gasteiger partial charge in [0.15, 0.2) is 0 Å². The number of aldehydes is 1. The highest BCUT2D eigenvalue weighted by Crippen LogP contribution is 2.33. The molecular formula is C42H50F3N7O3. The van der Waals surface area contributed by atoms with Crippen molar-refractivity contribution in [2.24, 2.45) is 0 Å². The average Bonchev–Trinajstić information content (AvgIpc) is 3.20. The topological polar surface area (TPSA) is 101 Å². The van der Waals surface area contributed by atoms with Gasteiger partial charge in [0, 0.05) is 93.0 Å². The number of alkyl halides is 3. The summed E-state index contributed by atoms with van der Waals surface area (Å²) in [7, 11) is 6.47. The molecule has 0 radical (unpaired) electrons. The Hall–Kier alpha value is -5.11. The van der Waals surface area contributed by atoms with E-state index in [4.69, 9.17) is 0 Å². The molecule has 4 aromatic rings. The molecule has 2 aliphatic rings. The van der Waals surface area contributed by atoms with Crippen molar-refractivity contribution in [2.75, 3.05) is 83.7 Å². The number of piperidine rings is 1. The highest BCUT2D eigenvalue weighted by atomic mass is 19.4. The van der Waals surface area contributed by atoms with Gasteiger partial charge in [-0.3, -0.25) is 24.3 Å². The minimum Gasteiger partial charge on any atom is -0.372 e. The van der Waals surface area contributed by atoms with Crippen LogP contribution in [0, 0.1) is 0 Å². The number of rotatable bonds is 11. The fourth-order valence-corrected chi connectivity index (χ4v) is 6.42. The van der Waals surface area contributed by atoms with Crippen molar-refractivity contribution >= 4 is 29.5 Å². The summed E-state index contributed by atoms with van der Waals surface area (Å²) >= 11 is 0. The predicted octanol–water partition coefficient (Wildman–Crippen LogP) is 6.55. The molecule has 2 amide bonds. The predicted molar refractivity (Wildman–Crippen MR) is 211 cm³/mol. The third-order valence-corrected chi connectivity index (χ3v) is 9.72. The van der Waals surface area contributed by atoms with Crippen LogP contribution in [0.2, 0.25) is 0 Å². The van der Waals surface area contributed by atoms with E-state index in [0.29, 0.717) is 39.9 Å². The van der Waals surface area contributed by atoms with Crippen molar-refractivity contribution in [3.8, 4) is 11.3 Å². The number of piperazine rings is 1. The first kappa shape index (κ1) is 41.1. The van der Waals surface area contributed by atoms with Gasteiger partial charge in [0.2, 0.25) is 0 Å². The Morgan fingerprint density at radius 1 is 0.836 bits per heavy atom. The van der Waals surface area contributed by atoms with E-state index in [1.54, 1.807) is 30.3 Å². The molecule has 6 rings (SSSR count). The van der Waals surface area contributed by atoms with Crippen LogP contribution in [0.5, 0.6) is 0 Å². The molecule has 0 spiro atoms. The first-order chi connectivity index (χ1) is 26.4. The number of carbonyl (C=O) groups excluding carboxylic acids is 3. The van der Waals surface area contributed by atoms with Gasteiger partial charge in [-0.25, -0.2) is 0 Å². The SMILES string of the molecule is CN(C)CCN1CCN(C)CC1.O=Cc1cccc(C(=O)Nc2ccc(N3CCCCC3)cc2-c2cc(C(=O)NCc3cccc(C(F)(F)F)c3)ccn2)c1. The molecule has 0 bridgehead atoms. The summed E-state index contributed by atoms with van der Waals surface area (Å²) in [6, 6.07) is 19.9. The highest BCUT2D eigenvalue weighted by Gasteiger charge is 2.30. The number of hydrogen-bond acceptors (Lipinski definition) is 8. The molecule has 13 heteroatoms. The van der Waals surface area contributed by atoms with E-state index in [9.17, 15) is 27.6 Å². The van der Waals surface area contributed by atoms with Gasteiger partial charge in [0.1, 0.15) is 6.29 Å². The number of hydrogen-bond donors (Lipinski definition) is 2. The molecule has 3 aromatic carbocycles. The molecular weight excluding hydrogens is 708 g/mol. The van der Waals surface area contributed by atoms with E-state index < -0.39 is 23.6 Å². The zero-order valence-electron chi connectivity index (χ0n) is 31.7. The lowest BCUT2D eigenvalue weighted by molar-refractivity contribution is -0.137. The minimum absolute atomic E-state index is 0.0913. The summed E-state index contributed by atoms with van der Waals surface area (Å²) in [6.45, 7) is 9.05. The summed E-state index contributed by atoms with van der Waals surface area (Å²) in [5, 5.41) is 5.59. The number of aromatic nitrogens is 1. The van der Waals surface area contributed by atoms with Gasteiger partial charge in [-0.15, -0.1) is 0 Å². The first-order valence-electron chi connectivity index (χ1n) is 18.6. The summed E-state index contributed by atoms with van der Waals surface area (Å²) < 4.78 is 39.3. The van der Waals surface area contributed by atoms with E-state index >= 15 is 0 Å². The van der Waals surface area contributed by atoms with Gasteiger partial charge in [0.05, 0.1) is 16.9 Å². The van der Waals surface area contributed by atoms with Crippen molar-refractivity contribution in [1.29, 1.82) is 0 Å². The lowest BCUT2D eigenvalue weighted by Crippen LogP contribution is -2.46. The number of benzene rings is 3. The zero-order chi connectivity index (χ0) is 39.4. The number of amides is 2. The van der Waals surface area contributed by atoms with E-state index in [-0.39, 0.29) is 12.1 Å². The van der Waals surface area contributed by atoms with Crippen LogP contribution in [0.1, 0.15) is 61.5 Å². The number of pyridine rings is 1. The van der Waals surface area contributed by atoms with E-state index in [0.717, 1.165) is 50.2 Å². The first-order valence-corrected chi connectivity index (χ1v) is 18.6. The van der Waals surface area contributed by atoms with Crippen molar-refractivity contribution in [3.05, 3.63) is 113 Å². The average molecular weight is 758 g/mol. The minimum atomic E-state index is -4.48. The summed E-state index contributed by atoms with van der Waals surface area (Å²) in [5.74, 6) is -0.893. The second-order valence-electron chi connectivity index (χ2n) is 14.2. The van der Waals surface area contributed by atoms with Crippen LogP contribution in [0.15, 0.2) is 85.1 Å². The van der Waals surface area contributed by atoms with Crippen LogP contribution in [0.25, 0.3) is 11.3 Å². The Labute approximate surface area is 321 Å². The number of halogens is 3. The molecule has 2 aliphatic heterocycles. The molecule has 55 heavy (non-hydrogen) atoms. The Kier molecular flexibility index (Phi) is 14.5. The van der Waals surface area contributed by atoms with E-state index in [1.165, 1.54) is 69.7 Å². The van der Waals surface area contributed by atoms with Crippen molar-refractivity contribution in [3.63, 3.8) is 0 Å². The van der Waals surface area contributed by atoms with Gasteiger partial charge in [-0.1, -0.05) is 24.3 Å². The van der Waals surface area contributed by atoms with Gasteiger partial charge < -0.3 is 25.3 Å². The number of nitrogens with one attached hydrogen (secondary N) is 2. The number of carbonyl (C=O) groups is 3. The van der Waals surface area contributed by atoms with Gasteiger partial charge in [-0.05, 0) is 101 Å². The standard InChI is InChI=1S/C33H29F3N4O3.C9H21N3/c34-33(35,36)26-9-5-6-22(17-26)20-38-31(42)25-12-13-37-30(18-25)28-19-27(40-14-2-1-3-15-40)10-11-29(28)39-32(43)24-8-4-7-23(16-24)21-41;1-10(2)4-7-12-8-5-11(3)6-9-12/h4-13,16-19,21H,1-3,14-15,20H2,(H,38,42)(H,39,43);4-9H2,1-3H3. The van der Waals surface area contributed by atoms with Crippen LogP contribution >= 0.6 is 0 Å². The number of likely N-dealkylation sites (N-methyl/N-ethyl adjacent to an activating group) is 2. The monoisotopic (exact) mass is 757 g/mol. The normalized spacial score (nSPS) is 15.2. The number of anilines is 2. The molecule has 0 saturated carbocycles. The quantitative estimate of drug-likeness (QED) is 0.166. The molecule has 1 aromatic heterocycles. The summed E-state index contributed by atoms with van der Waals surface area (Å²) in [4.78, 5) is 51.3. The highest BCUT2D eigenvalue weighted by molar-refractivity contribution is 6.07. The Balaban J connectivity index is 0.000000413. The maximum atomic E-state index is 13.1. The van der Waals surface area contributed by atoms with Gasteiger partial charge in [0.25, 0.3) is 11.8 Å². The fraction of sp³-hybridized carbons (Fsp3) is 0.381. The van der Waals surface area contributed by atoms with E-state index in [1.807, 2.05) is 12.1 Å². The third kappa shape index (κ3) is 12.2. The molecule has 2 N–H and O–H groups in total. The molecule has 2 saturated heterocycles. The summed E-state index contributed by atoms with van der Waals surface area (Å²) in [6.07, 6.45) is 0.968. The smallest absolute Gasteiger partial charge is 0.372 e. The molecule has 2 fully saturated rings. The van der Waals surface area contributed by atoms with Crippen molar-refractivity contribution in [1.82, 2.24) is 25.0 Å². The Morgan fingerprint density at radius 3 is 2.27 bits per heavy atom. The second-order valence-corrected chi connectivity index (χ2v) is 14.2. The van der Waals surface area contributed by atoms with Crippen molar-refractivity contribution in [2.45, 2.75) is 32.0 Å². The third-order valence-electron chi connectivity index (χ3n) is 9.72. The van der Waals surface area contributed by atoms with Crippen LogP contribution < -0.4 is 15.5 Å². The lowest BCUT2D eigenvalue weighted by Gasteiger charge is -2.32. The molecule has 0 unspecified atom stereocenters. The van der Waals surface area contributed by atoms with Crippen LogP contribution in [0.3, 0.4) is 0 Å². The molecule has 3 heterocycles. The van der Waals surface area contributed by atoms with Crippen LogP contribution in [0.4, 0.5) is 24.5 Å². The molecule has 0 atom stereocenters. The maximum absolute atomic E-state index is 13.1. The van der Waals surface area contributed by atoms with E-state index in [2.05, 4.69) is 56.4 Å². The van der Waals surface area contributed by atoms with Crippen LogP contribution in [-0.2, 0) is 12.7 Å². The lowest BCUT2D eigenvalue weighted by atomic mass is 10.0. The fourth-order valence-electron chi connectivity index (χ4n) is 6.42.